The van der Waals surface area contributed by atoms with E-state index in [4.69, 9.17) is 5.26 Å². The van der Waals surface area contributed by atoms with Crippen LogP contribution in [0.1, 0.15) is 11.1 Å². The molecule has 0 heterocycles. The van der Waals surface area contributed by atoms with Crippen molar-refractivity contribution in [2.24, 2.45) is 0 Å². The Balaban J connectivity index is 3.21. The third-order valence-corrected chi connectivity index (χ3v) is 2.97. The molecule has 0 fully saturated rings. The molecule has 0 N–H and O–H groups in total. The van der Waals surface area contributed by atoms with Crippen LogP contribution >= 0.6 is 38.5 Å². The topological polar surface area (TPSA) is 23.8 Å². The van der Waals surface area contributed by atoms with Crippen molar-refractivity contribution in [1.29, 1.82) is 5.26 Å². The van der Waals surface area contributed by atoms with Gasteiger partial charge in [-0.15, -0.1) is 0 Å². The molecule has 1 aromatic carbocycles. The molecule has 0 aromatic heterocycles. The van der Waals surface area contributed by atoms with Crippen LogP contribution in [0, 0.1) is 21.8 Å². The first-order valence-electron chi connectivity index (χ1n) is 3.46. The maximum atomic E-state index is 8.57. The van der Waals surface area contributed by atoms with Crippen molar-refractivity contribution in [1.82, 2.24) is 0 Å². The molecule has 1 aromatic rings. The minimum absolute atomic E-state index is 0.476. The molecule has 0 spiro atoms. The van der Waals surface area contributed by atoms with E-state index in [0.717, 1.165) is 10.0 Å². The van der Waals surface area contributed by atoms with Crippen molar-refractivity contribution in [2.75, 3.05) is 0 Å². The van der Waals surface area contributed by atoms with E-state index in [1.54, 1.807) is 0 Å². The van der Waals surface area contributed by atoms with Gasteiger partial charge in [0.15, 0.2) is 0 Å². The van der Waals surface area contributed by atoms with E-state index in [2.05, 4.69) is 50.7 Å². The summed E-state index contributed by atoms with van der Waals surface area (Å²) in [6, 6.07) is 6.26. The number of rotatable bonds is 1. The SMILES string of the molecule is Cc1cc(I)cc(Br)c1CC#N. The summed E-state index contributed by atoms with van der Waals surface area (Å²) in [4.78, 5) is 0. The molecule has 0 radical (unpaired) electrons. The average Bonchev–Trinajstić information content (AvgIpc) is 1.96. The molecule has 0 aliphatic rings. The van der Waals surface area contributed by atoms with E-state index >= 15 is 0 Å². The van der Waals surface area contributed by atoms with Gasteiger partial charge in [-0.25, -0.2) is 0 Å². The van der Waals surface area contributed by atoms with Crippen LogP contribution in [0.3, 0.4) is 0 Å². The highest BCUT2D eigenvalue weighted by atomic mass is 127. The highest BCUT2D eigenvalue weighted by Crippen LogP contribution is 2.23. The normalized spacial score (nSPS) is 9.50. The second-order valence-corrected chi connectivity index (χ2v) is 4.62. The number of aryl methyl sites for hydroxylation is 1. The minimum Gasteiger partial charge on any atom is -0.198 e. The van der Waals surface area contributed by atoms with Crippen molar-refractivity contribution in [2.45, 2.75) is 13.3 Å². The summed E-state index contributed by atoms with van der Waals surface area (Å²) in [6.45, 7) is 2.03. The maximum Gasteiger partial charge on any atom is 0.0670 e. The molecule has 0 saturated carbocycles. The number of benzene rings is 1. The third kappa shape index (κ3) is 2.20. The van der Waals surface area contributed by atoms with Crippen molar-refractivity contribution >= 4 is 38.5 Å². The second kappa shape index (κ2) is 4.24. The summed E-state index contributed by atoms with van der Waals surface area (Å²) in [6.07, 6.45) is 0.476. The molecule has 1 nitrogen and oxygen atoms in total. The second-order valence-electron chi connectivity index (χ2n) is 2.52. The zero-order valence-electron chi connectivity index (χ0n) is 6.56. The Kier molecular flexibility index (Phi) is 3.53. The fourth-order valence-corrected chi connectivity index (χ4v) is 2.94. The molecule has 0 saturated heterocycles. The van der Waals surface area contributed by atoms with Gasteiger partial charge in [-0.1, -0.05) is 15.9 Å². The Morgan fingerprint density at radius 3 is 2.75 bits per heavy atom. The Bertz CT molecular complexity index is 318. The van der Waals surface area contributed by atoms with Gasteiger partial charge in [-0.2, -0.15) is 5.26 Å². The molecule has 0 amide bonds. The summed E-state index contributed by atoms with van der Waals surface area (Å²) >= 11 is 5.71. The van der Waals surface area contributed by atoms with Crippen LogP contribution in [-0.4, -0.2) is 0 Å². The Morgan fingerprint density at radius 1 is 1.58 bits per heavy atom. The zero-order valence-corrected chi connectivity index (χ0v) is 10.3. The summed E-state index contributed by atoms with van der Waals surface area (Å²) in [5.74, 6) is 0. The molecule has 1 rings (SSSR count). The molecule has 12 heavy (non-hydrogen) atoms. The first kappa shape index (κ1) is 10.0. The van der Waals surface area contributed by atoms with Crippen LogP contribution in [0.4, 0.5) is 0 Å². The highest BCUT2D eigenvalue weighted by Gasteiger charge is 2.03. The van der Waals surface area contributed by atoms with Crippen LogP contribution in [0.15, 0.2) is 16.6 Å². The van der Waals surface area contributed by atoms with Crippen molar-refractivity contribution < 1.29 is 0 Å². The molecular formula is C9H7BrIN. The van der Waals surface area contributed by atoms with Crippen LogP contribution in [0.2, 0.25) is 0 Å². The fraction of sp³-hybridized carbons (Fsp3) is 0.222. The van der Waals surface area contributed by atoms with Gasteiger partial charge in [0.25, 0.3) is 0 Å². The smallest absolute Gasteiger partial charge is 0.0670 e. The Hall–Kier alpha value is -0.0800. The van der Waals surface area contributed by atoms with E-state index < -0.39 is 0 Å². The lowest BCUT2D eigenvalue weighted by atomic mass is 10.1. The number of hydrogen-bond acceptors (Lipinski definition) is 1. The Morgan fingerprint density at radius 2 is 2.25 bits per heavy atom. The molecule has 0 atom stereocenters. The van der Waals surface area contributed by atoms with Crippen LogP contribution in [0.25, 0.3) is 0 Å². The fourth-order valence-electron chi connectivity index (χ4n) is 1.04. The quantitative estimate of drug-likeness (QED) is 0.721. The van der Waals surface area contributed by atoms with Gasteiger partial charge in [-0.3, -0.25) is 0 Å². The van der Waals surface area contributed by atoms with E-state index in [-0.39, 0.29) is 0 Å². The van der Waals surface area contributed by atoms with Crippen molar-refractivity contribution in [3.05, 3.63) is 31.3 Å². The largest absolute Gasteiger partial charge is 0.198 e. The molecule has 62 valence electrons. The summed E-state index contributed by atoms with van der Waals surface area (Å²) in [5.41, 5.74) is 2.27. The first-order chi connectivity index (χ1) is 5.65. The third-order valence-electron chi connectivity index (χ3n) is 1.64. The predicted molar refractivity (Wildman–Crippen MR) is 60.9 cm³/mol. The number of hydrogen-bond donors (Lipinski definition) is 0. The standard InChI is InChI=1S/C9H7BrIN/c1-6-4-7(11)5-9(10)8(6)2-3-12/h4-5H,2H2,1H3. The number of nitrogens with zero attached hydrogens (tertiary/aromatic N) is 1. The molecule has 3 heteroatoms. The summed E-state index contributed by atoms with van der Waals surface area (Å²) in [5, 5.41) is 8.57. The van der Waals surface area contributed by atoms with E-state index in [0.29, 0.717) is 6.42 Å². The van der Waals surface area contributed by atoms with Gasteiger partial charge < -0.3 is 0 Å². The van der Waals surface area contributed by atoms with Gasteiger partial charge in [-0.05, 0) is 52.8 Å². The zero-order chi connectivity index (χ0) is 9.14. The summed E-state index contributed by atoms with van der Waals surface area (Å²) < 4.78 is 2.23. The van der Waals surface area contributed by atoms with Crippen LogP contribution in [0.5, 0.6) is 0 Å². The van der Waals surface area contributed by atoms with Crippen LogP contribution in [-0.2, 0) is 6.42 Å². The Labute approximate surface area is 94.0 Å². The maximum absolute atomic E-state index is 8.57. The van der Waals surface area contributed by atoms with Gasteiger partial charge in [0.05, 0.1) is 12.5 Å². The monoisotopic (exact) mass is 335 g/mol. The molecule has 0 aliphatic carbocycles. The van der Waals surface area contributed by atoms with Gasteiger partial charge in [0.2, 0.25) is 0 Å². The highest BCUT2D eigenvalue weighted by molar-refractivity contribution is 14.1. The average molecular weight is 336 g/mol. The van der Waals surface area contributed by atoms with E-state index in [1.807, 2.05) is 13.0 Å². The molecule has 0 bridgehead atoms. The lowest BCUT2D eigenvalue weighted by Crippen LogP contribution is -1.90. The van der Waals surface area contributed by atoms with Crippen molar-refractivity contribution in [3.8, 4) is 6.07 Å². The van der Waals surface area contributed by atoms with Gasteiger partial charge in [0.1, 0.15) is 0 Å². The summed E-state index contributed by atoms with van der Waals surface area (Å²) in [7, 11) is 0. The number of nitriles is 1. The lowest BCUT2D eigenvalue weighted by Gasteiger charge is -2.04. The van der Waals surface area contributed by atoms with E-state index in [9.17, 15) is 0 Å². The molecule has 0 aliphatic heterocycles. The number of halogens is 2. The predicted octanol–water partition coefficient (Wildman–Crippen LogP) is 3.43. The molecule has 0 unspecified atom stereocenters. The van der Waals surface area contributed by atoms with E-state index in [1.165, 1.54) is 9.13 Å². The molecular weight excluding hydrogens is 329 g/mol. The lowest BCUT2D eigenvalue weighted by molar-refractivity contribution is 1.19. The minimum atomic E-state index is 0.476. The van der Waals surface area contributed by atoms with Gasteiger partial charge >= 0.3 is 0 Å². The van der Waals surface area contributed by atoms with Crippen LogP contribution < -0.4 is 0 Å². The first-order valence-corrected chi connectivity index (χ1v) is 5.34. The van der Waals surface area contributed by atoms with Crippen molar-refractivity contribution in [3.63, 3.8) is 0 Å². The van der Waals surface area contributed by atoms with Gasteiger partial charge in [0, 0.05) is 8.04 Å².